The van der Waals surface area contributed by atoms with Crippen molar-refractivity contribution in [2.45, 2.75) is 0 Å². The van der Waals surface area contributed by atoms with Gasteiger partial charge in [0.1, 0.15) is 0 Å². The van der Waals surface area contributed by atoms with Gasteiger partial charge in [-0.3, -0.25) is 9.00 Å². The highest BCUT2D eigenvalue weighted by atomic mass is 32.2. The van der Waals surface area contributed by atoms with Gasteiger partial charge in [-0.05, 0) is 0 Å². The van der Waals surface area contributed by atoms with Gasteiger partial charge < -0.3 is 5.11 Å². The Hall–Kier alpha value is -0.470. The van der Waals surface area contributed by atoms with Gasteiger partial charge in [0.15, 0.2) is 5.75 Å². The molecule has 6 nitrogen and oxygen atoms in total. The maximum Gasteiger partial charge on any atom is 0.320 e. The lowest BCUT2D eigenvalue weighted by molar-refractivity contribution is -0.134. The number of carboxylic acid groups (broad SMARTS) is 1. The van der Waals surface area contributed by atoms with Crippen molar-refractivity contribution in [2.75, 3.05) is 24.3 Å². The summed E-state index contributed by atoms with van der Waals surface area (Å²) in [5.41, 5.74) is 0. The lowest BCUT2D eigenvalue weighted by Gasteiger charge is -2.01. The van der Waals surface area contributed by atoms with Crippen molar-refractivity contribution in [3.63, 3.8) is 0 Å². The predicted molar refractivity (Wildman–Crippen MR) is 48.4 cm³/mol. The zero-order chi connectivity index (χ0) is 10.5. The van der Waals surface area contributed by atoms with E-state index in [1.54, 1.807) is 0 Å². The first-order valence-corrected chi connectivity index (χ1v) is 6.70. The number of hydrogen-bond acceptors (Lipinski definition) is 4. The monoisotopic (exact) mass is 229 g/mol. The van der Waals surface area contributed by atoms with Crippen LogP contribution in [0.1, 0.15) is 0 Å². The van der Waals surface area contributed by atoms with Gasteiger partial charge in [-0.1, -0.05) is 0 Å². The van der Waals surface area contributed by atoms with E-state index in [1.807, 2.05) is 4.72 Å². The molecular weight excluding hydrogens is 218 g/mol. The lowest BCUT2D eigenvalue weighted by Crippen LogP contribution is -2.32. The fraction of sp³-hybridized carbons (Fsp3) is 0.800. The van der Waals surface area contributed by atoms with Crippen LogP contribution in [-0.4, -0.2) is 48.0 Å². The van der Waals surface area contributed by atoms with Gasteiger partial charge in [0.2, 0.25) is 10.0 Å². The van der Waals surface area contributed by atoms with Crippen LogP contribution < -0.4 is 4.72 Å². The van der Waals surface area contributed by atoms with Crippen LogP contribution in [0.5, 0.6) is 0 Å². The van der Waals surface area contributed by atoms with E-state index in [0.717, 1.165) is 0 Å². The van der Waals surface area contributed by atoms with E-state index >= 15 is 0 Å². The predicted octanol–water partition coefficient (Wildman–Crippen LogP) is -1.63. The van der Waals surface area contributed by atoms with Crippen LogP contribution in [0.4, 0.5) is 0 Å². The topological polar surface area (TPSA) is 101 Å². The van der Waals surface area contributed by atoms with Gasteiger partial charge in [0.25, 0.3) is 0 Å². The molecule has 0 aliphatic rings. The highest BCUT2D eigenvalue weighted by Gasteiger charge is 2.14. The second kappa shape index (κ2) is 5.30. The Kier molecular flexibility index (Phi) is 5.11. The van der Waals surface area contributed by atoms with Gasteiger partial charge >= 0.3 is 5.97 Å². The van der Waals surface area contributed by atoms with Gasteiger partial charge in [-0.15, -0.1) is 0 Å². The summed E-state index contributed by atoms with van der Waals surface area (Å²) in [6.07, 6.45) is 1.44. The molecule has 0 saturated carbocycles. The Morgan fingerprint density at radius 1 is 1.54 bits per heavy atom. The molecule has 0 rings (SSSR count). The SMILES string of the molecule is CS(=O)CCNS(=O)(=O)CC(=O)O. The molecule has 2 N–H and O–H groups in total. The largest absolute Gasteiger partial charge is 0.480 e. The molecule has 0 radical (unpaired) electrons. The van der Waals surface area contributed by atoms with Crippen molar-refractivity contribution in [3.05, 3.63) is 0 Å². The first-order chi connectivity index (χ1) is 5.83. The molecular formula is C5H11NO5S2. The van der Waals surface area contributed by atoms with Crippen LogP contribution in [0, 0.1) is 0 Å². The molecule has 0 spiro atoms. The normalized spacial score (nSPS) is 13.9. The zero-order valence-electron chi connectivity index (χ0n) is 7.02. The Morgan fingerprint density at radius 3 is 2.46 bits per heavy atom. The van der Waals surface area contributed by atoms with Gasteiger partial charge in [-0.2, -0.15) is 0 Å². The molecule has 0 aliphatic carbocycles. The minimum Gasteiger partial charge on any atom is -0.480 e. The number of hydrogen-bond donors (Lipinski definition) is 2. The van der Waals surface area contributed by atoms with Gasteiger partial charge in [-0.25, -0.2) is 13.1 Å². The van der Waals surface area contributed by atoms with Gasteiger partial charge in [0.05, 0.1) is 0 Å². The third kappa shape index (κ3) is 7.88. The van der Waals surface area contributed by atoms with Crippen molar-refractivity contribution < 1.29 is 22.5 Å². The minimum atomic E-state index is -3.76. The van der Waals surface area contributed by atoms with Gasteiger partial charge in [0, 0.05) is 29.4 Å². The molecule has 0 fully saturated rings. The highest BCUT2D eigenvalue weighted by molar-refractivity contribution is 7.90. The second-order valence-electron chi connectivity index (χ2n) is 2.32. The van der Waals surface area contributed by atoms with E-state index in [4.69, 9.17) is 5.11 Å². The van der Waals surface area contributed by atoms with E-state index < -0.39 is 32.5 Å². The molecule has 0 amide bonds. The number of nitrogens with one attached hydrogen (secondary N) is 1. The number of carbonyl (C=O) groups is 1. The Bertz CT molecular complexity index is 296. The molecule has 0 saturated heterocycles. The summed E-state index contributed by atoms with van der Waals surface area (Å²) in [4.78, 5) is 10.0. The van der Waals surface area contributed by atoms with Crippen molar-refractivity contribution >= 4 is 26.8 Å². The smallest absolute Gasteiger partial charge is 0.320 e. The summed E-state index contributed by atoms with van der Waals surface area (Å²) in [6, 6.07) is 0. The summed E-state index contributed by atoms with van der Waals surface area (Å²) in [7, 11) is -4.85. The van der Waals surface area contributed by atoms with Crippen molar-refractivity contribution in [2.24, 2.45) is 0 Å². The quantitative estimate of drug-likeness (QED) is 0.569. The molecule has 8 heteroatoms. The summed E-state index contributed by atoms with van der Waals surface area (Å²) < 4.78 is 34.2. The first kappa shape index (κ1) is 12.5. The lowest BCUT2D eigenvalue weighted by atomic mass is 10.8. The summed E-state index contributed by atoms with van der Waals surface area (Å²) in [6.45, 7) is -0.00127. The van der Waals surface area contributed by atoms with E-state index in [9.17, 15) is 17.4 Å². The van der Waals surface area contributed by atoms with Crippen LogP contribution in [0.25, 0.3) is 0 Å². The Labute approximate surface area is 78.8 Å². The van der Waals surface area contributed by atoms with E-state index in [2.05, 4.69) is 0 Å². The molecule has 0 bridgehead atoms. The maximum absolute atomic E-state index is 10.8. The highest BCUT2D eigenvalue weighted by Crippen LogP contribution is 1.83. The first-order valence-electron chi connectivity index (χ1n) is 3.32. The molecule has 0 heterocycles. The van der Waals surface area contributed by atoms with Crippen LogP contribution in [0.15, 0.2) is 0 Å². The molecule has 0 aliphatic heterocycles. The minimum absolute atomic E-state index is 0.00127. The third-order valence-corrected chi connectivity index (χ3v) is 3.07. The maximum atomic E-state index is 10.8. The third-order valence-electron chi connectivity index (χ3n) is 1.02. The van der Waals surface area contributed by atoms with Crippen molar-refractivity contribution in [1.29, 1.82) is 0 Å². The zero-order valence-corrected chi connectivity index (χ0v) is 8.65. The Morgan fingerprint density at radius 2 is 2.08 bits per heavy atom. The molecule has 0 aromatic heterocycles. The summed E-state index contributed by atoms with van der Waals surface area (Å²) in [5.74, 6) is -2.19. The summed E-state index contributed by atoms with van der Waals surface area (Å²) in [5, 5.41) is 8.18. The standard InChI is InChI=1S/C5H11NO5S2/c1-12(9)3-2-6-13(10,11)4-5(7)8/h6H,2-4H2,1H3,(H,7,8). The van der Waals surface area contributed by atoms with Crippen LogP contribution >= 0.6 is 0 Å². The molecule has 78 valence electrons. The van der Waals surface area contributed by atoms with Crippen LogP contribution in [0.2, 0.25) is 0 Å². The van der Waals surface area contributed by atoms with E-state index in [-0.39, 0.29) is 12.3 Å². The number of carboxylic acids is 1. The average Bonchev–Trinajstić information content (AvgIpc) is 1.81. The number of rotatable bonds is 6. The number of sulfonamides is 1. The second-order valence-corrected chi connectivity index (χ2v) is 5.69. The number of aliphatic carboxylic acids is 1. The Balaban J connectivity index is 3.91. The molecule has 0 aromatic rings. The van der Waals surface area contributed by atoms with Crippen molar-refractivity contribution in [1.82, 2.24) is 4.72 Å². The molecule has 0 aromatic carbocycles. The molecule has 1 atom stereocenters. The fourth-order valence-corrected chi connectivity index (χ4v) is 1.91. The van der Waals surface area contributed by atoms with E-state index in [0.29, 0.717) is 0 Å². The van der Waals surface area contributed by atoms with Crippen LogP contribution in [-0.2, 0) is 25.6 Å². The summed E-state index contributed by atoms with van der Waals surface area (Å²) >= 11 is 0. The average molecular weight is 229 g/mol. The molecule has 1 unspecified atom stereocenters. The van der Waals surface area contributed by atoms with E-state index in [1.165, 1.54) is 6.26 Å². The molecule has 13 heavy (non-hydrogen) atoms. The van der Waals surface area contributed by atoms with Crippen molar-refractivity contribution in [3.8, 4) is 0 Å². The fourth-order valence-electron chi connectivity index (χ4n) is 0.554. The van der Waals surface area contributed by atoms with Crippen LogP contribution in [0.3, 0.4) is 0 Å².